The predicted molar refractivity (Wildman–Crippen MR) is 67.8 cm³/mol. The van der Waals surface area contributed by atoms with Gasteiger partial charge in [-0.25, -0.2) is 0 Å². The van der Waals surface area contributed by atoms with E-state index >= 15 is 0 Å². The molecule has 1 N–H and O–H groups in total. The van der Waals surface area contributed by atoms with E-state index in [1.54, 1.807) is 0 Å². The molecule has 1 fully saturated rings. The maximum Gasteiger partial charge on any atom is 0.134 e. The molecule has 0 saturated carbocycles. The van der Waals surface area contributed by atoms with Crippen LogP contribution in [-0.4, -0.2) is 33.6 Å². The summed E-state index contributed by atoms with van der Waals surface area (Å²) in [6.07, 6.45) is 4.00. The lowest BCUT2D eigenvalue weighted by Gasteiger charge is -2.32. The Kier molecular flexibility index (Phi) is 4.12. The maximum absolute atomic E-state index is 4.23. The molecule has 0 radical (unpaired) electrons. The van der Waals surface area contributed by atoms with Gasteiger partial charge in [-0.05, 0) is 33.2 Å². The summed E-state index contributed by atoms with van der Waals surface area (Å²) in [4.78, 5) is 2.51. The molecule has 90 valence electrons. The van der Waals surface area contributed by atoms with E-state index in [1.807, 2.05) is 0 Å². The molecule has 1 atom stereocenters. The quantitative estimate of drug-likeness (QED) is 0.877. The van der Waals surface area contributed by atoms with Gasteiger partial charge >= 0.3 is 0 Å². The summed E-state index contributed by atoms with van der Waals surface area (Å²) >= 11 is 1.47. The van der Waals surface area contributed by atoms with Crippen LogP contribution in [0.2, 0.25) is 0 Å². The van der Waals surface area contributed by atoms with Crippen LogP contribution in [0, 0.1) is 0 Å². The Morgan fingerprint density at radius 2 is 2.38 bits per heavy atom. The molecule has 1 aliphatic heterocycles. The summed E-state index contributed by atoms with van der Waals surface area (Å²) < 4.78 is 4.03. The minimum absolute atomic E-state index is 0.685. The first-order chi connectivity index (χ1) is 7.81. The highest BCUT2D eigenvalue weighted by Crippen LogP contribution is 2.23. The Balaban J connectivity index is 1.99. The fourth-order valence-corrected chi connectivity index (χ4v) is 2.83. The van der Waals surface area contributed by atoms with Crippen LogP contribution in [0.5, 0.6) is 0 Å². The topological polar surface area (TPSA) is 41.1 Å². The van der Waals surface area contributed by atoms with Gasteiger partial charge < -0.3 is 5.32 Å². The molecule has 2 rings (SSSR count). The van der Waals surface area contributed by atoms with Crippen LogP contribution < -0.4 is 5.32 Å². The van der Waals surface area contributed by atoms with Gasteiger partial charge in [0.15, 0.2) is 0 Å². The monoisotopic (exact) mass is 240 g/mol. The molecule has 0 aromatic carbocycles. The summed E-state index contributed by atoms with van der Waals surface area (Å²) in [5.41, 5.74) is 1.11. The van der Waals surface area contributed by atoms with Gasteiger partial charge in [0, 0.05) is 30.7 Å². The Bertz CT molecular complexity index is 326. The Labute approximate surface area is 101 Å². The van der Waals surface area contributed by atoms with Crippen LogP contribution in [0.3, 0.4) is 0 Å². The highest BCUT2D eigenvalue weighted by molar-refractivity contribution is 7.10. The van der Waals surface area contributed by atoms with Crippen molar-refractivity contribution in [1.29, 1.82) is 0 Å². The zero-order valence-corrected chi connectivity index (χ0v) is 10.9. The summed E-state index contributed by atoms with van der Waals surface area (Å²) in [5.74, 6) is 0. The molecule has 1 unspecified atom stereocenters. The number of hydrogen-bond donors (Lipinski definition) is 1. The second-order valence-corrected chi connectivity index (χ2v) is 5.15. The minimum Gasteiger partial charge on any atom is -0.374 e. The number of nitrogens with zero attached hydrogens (tertiary/aromatic N) is 3. The average molecular weight is 240 g/mol. The average Bonchev–Trinajstić information content (AvgIpc) is 2.70. The molecule has 5 heteroatoms. The van der Waals surface area contributed by atoms with Crippen LogP contribution in [0.25, 0.3) is 0 Å². The number of rotatable bonds is 4. The smallest absolute Gasteiger partial charge is 0.134 e. The highest BCUT2D eigenvalue weighted by atomic mass is 32.1. The number of aromatic nitrogens is 2. The zero-order valence-electron chi connectivity index (χ0n) is 10.1. The van der Waals surface area contributed by atoms with Crippen molar-refractivity contribution in [3.05, 3.63) is 5.69 Å². The van der Waals surface area contributed by atoms with E-state index in [-0.39, 0.29) is 0 Å². The second kappa shape index (κ2) is 5.59. The van der Waals surface area contributed by atoms with Gasteiger partial charge in [-0.2, -0.15) is 0 Å². The van der Waals surface area contributed by atoms with Crippen LogP contribution in [0.15, 0.2) is 0 Å². The van der Waals surface area contributed by atoms with Gasteiger partial charge in [-0.1, -0.05) is 10.9 Å². The van der Waals surface area contributed by atoms with Crippen molar-refractivity contribution in [2.75, 3.05) is 18.4 Å². The molecule has 16 heavy (non-hydrogen) atoms. The van der Waals surface area contributed by atoms with Crippen LogP contribution in [0.4, 0.5) is 5.00 Å². The third-order valence-electron chi connectivity index (χ3n) is 3.19. The number of piperidine rings is 1. The van der Waals surface area contributed by atoms with Gasteiger partial charge in [0.05, 0.1) is 0 Å². The maximum atomic E-state index is 4.23. The van der Waals surface area contributed by atoms with Crippen molar-refractivity contribution in [2.24, 2.45) is 0 Å². The van der Waals surface area contributed by atoms with E-state index in [9.17, 15) is 0 Å². The lowest BCUT2D eigenvalue weighted by molar-refractivity contribution is 0.151. The van der Waals surface area contributed by atoms with Gasteiger partial charge in [-0.15, -0.1) is 5.10 Å². The third-order valence-corrected chi connectivity index (χ3v) is 3.91. The van der Waals surface area contributed by atoms with Crippen molar-refractivity contribution >= 4 is 16.5 Å². The lowest BCUT2D eigenvalue weighted by atomic mass is 10.0. The van der Waals surface area contributed by atoms with Crippen LogP contribution in [-0.2, 0) is 6.54 Å². The molecule has 0 bridgehead atoms. The lowest BCUT2D eigenvalue weighted by Crippen LogP contribution is -2.37. The fraction of sp³-hybridized carbons (Fsp3) is 0.818. The SMILES string of the molecule is CCNc1snnc1CN1CCCCC1C. The van der Waals surface area contributed by atoms with Crippen LogP contribution in [0.1, 0.15) is 38.8 Å². The normalized spacial score (nSPS) is 22.2. The van der Waals surface area contributed by atoms with Crippen LogP contribution >= 0.6 is 11.5 Å². The van der Waals surface area contributed by atoms with Gasteiger partial charge in [0.1, 0.15) is 10.7 Å². The molecule has 0 amide bonds. The molecule has 4 nitrogen and oxygen atoms in total. The van der Waals surface area contributed by atoms with E-state index < -0.39 is 0 Å². The van der Waals surface area contributed by atoms with Crippen molar-refractivity contribution < 1.29 is 0 Å². The first-order valence-corrected chi connectivity index (χ1v) is 6.87. The Hall–Kier alpha value is -0.680. The predicted octanol–water partition coefficient (Wildman–Crippen LogP) is 2.34. The summed E-state index contributed by atoms with van der Waals surface area (Å²) in [6.45, 7) is 7.50. The Morgan fingerprint density at radius 1 is 1.50 bits per heavy atom. The molecule has 1 aromatic heterocycles. The third kappa shape index (κ3) is 2.71. The molecular weight excluding hydrogens is 220 g/mol. The van der Waals surface area contributed by atoms with E-state index in [0.717, 1.165) is 23.8 Å². The number of anilines is 1. The summed E-state index contributed by atoms with van der Waals surface area (Å²) in [5, 5.41) is 8.69. The fourth-order valence-electron chi connectivity index (χ4n) is 2.19. The molecule has 1 aliphatic rings. The molecular formula is C11H20N4S. The zero-order chi connectivity index (χ0) is 11.4. The van der Waals surface area contributed by atoms with Gasteiger partial charge in [0.2, 0.25) is 0 Å². The number of likely N-dealkylation sites (tertiary alicyclic amines) is 1. The molecule has 0 aliphatic carbocycles. The number of hydrogen-bond acceptors (Lipinski definition) is 5. The highest BCUT2D eigenvalue weighted by Gasteiger charge is 2.20. The van der Waals surface area contributed by atoms with Crippen molar-refractivity contribution in [2.45, 2.75) is 45.7 Å². The largest absolute Gasteiger partial charge is 0.374 e. The van der Waals surface area contributed by atoms with Crippen molar-refractivity contribution in [1.82, 2.24) is 14.5 Å². The number of nitrogens with one attached hydrogen (secondary N) is 1. The van der Waals surface area contributed by atoms with Gasteiger partial charge in [0.25, 0.3) is 0 Å². The molecule has 0 spiro atoms. The van der Waals surface area contributed by atoms with E-state index in [0.29, 0.717) is 6.04 Å². The molecule has 1 saturated heterocycles. The summed E-state index contributed by atoms with van der Waals surface area (Å²) in [7, 11) is 0. The van der Waals surface area contributed by atoms with Crippen molar-refractivity contribution in [3.63, 3.8) is 0 Å². The Morgan fingerprint density at radius 3 is 3.12 bits per heavy atom. The first kappa shape index (κ1) is 11.8. The standard InChI is InChI=1S/C11H20N4S/c1-3-12-11-10(13-14-16-11)8-15-7-5-4-6-9(15)2/h9,12H,3-8H2,1-2H3. The second-order valence-electron chi connectivity index (χ2n) is 4.39. The van der Waals surface area contributed by atoms with Gasteiger partial charge in [-0.3, -0.25) is 4.90 Å². The first-order valence-electron chi connectivity index (χ1n) is 6.10. The minimum atomic E-state index is 0.685. The molecule has 2 heterocycles. The molecule has 1 aromatic rings. The van der Waals surface area contributed by atoms with E-state index in [1.165, 1.54) is 37.3 Å². The van der Waals surface area contributed by atoms with Crippen molar-refractivity contribution in [3.8, 4) is 0 Å². The summed E-state index contributed by atoms with van der Waals surface area (Å²) in [6, 6.07) is 0.685. The van der Waals surface area contributed by atoms with E-state index in [4.69, 9.17) is 0 Å². The van der Waals surface area contributed by atoms with E-state index in [2.05, 4.69) is 33.7 Å².